The van der Waals surface area contributed by atoms with Gasteiger partial charge in [-0.15, -0.1) is 11.3 Å². The zero-order valence-electron chi connectivity index (χ0n) is 25.3. The van der Waals surface area contributed by atoms with Crippen LogP contribution < -0.4 is 15.4 Å². The third-order valence-electron chi connectivity index (χ3n) is 7.60. The minimum absolute atomic E-state index is 0.0547. The number of carbonyl (C=O) groups is 2. The molecule has 2 aliphatic rings. The number of hydrogen-bond acceptors (Lipinski definition) is 8. The number of ether oxygens (including phenoxy) is 1. The lowest BCUT2D eigenvalue weighted by Crippen LogP contribution is -2.47. The van der Waals surface area contributed by atoms with Crippen LogP contribution in [0.4, 0.5) is 14.9 Å². The van der Waals surface area contributed by atoms with E-state index in [-0.39, 0.29) is 23.7 Å². The fraction of sp³-hybridized carbons (Fsp3) is 0.333. The maximum absolute atomic E-state index is 14.9. The van der Waals surface area contributed by atoms with Gasteiger partial charge in [0.15, 0.2) is 11.6 Å². The Morgan fingerprint density at radius 3 is 2.60 bits per heavy atom. The molecule has 0 unspecified atom stereocenters. The highest BCUT2D eigenvalue weighted by Crippen LogP contribution is 2.39. The summed E-state index contributed by atoms with van der Waals surface area (Å²) in [6.07, 6.45) is 9.04. The van der Waals surface area contributed by atoms with Crippen molar-refractivity contribution in [2.45, 2.75) is 25.4 Å². The summed E-state index contributed by atoms with van der Waals surface area (Å²) in [4.78, 5) is 40.8. The Balaban J connectivity index is 1.06. The molecule has 4 aromatic rings. The summed E-state index contributed by atoms with van der Waals surface area (Å²) in [6, 6.07) is 12.0. The molecule has 1 saturated carbocycles. The third-order valence-corrected chi connectivity index (χ3v) is 8.76. The maximum Gasteiger partial charge on any atom is 0.319 e. The van der Waals surface area contributed by atoms with Gasteiger partial charge in [-0.3, -0.25) is 19.7 Å². The Morgan fingerprint density at radius 1 is 1.07 bits per heavy atom. The minimum Gasteiger partial charge on any atom is -0.453 e. The maximum atomic E-state index is 14.9. The molecule has 45 heavy (non-hydrogen) atoms. The number of benzene rings is 1. The average Bonchev–Trinajstić information content (AvgIpc) is 3.72. The fourth-order valence-electron chi connectivity index (χ4n) is 5.00. The predicted octanol–water partition coefficient (Wildman–Crippen LogP) is 5.34. The van der Waals surface area contributed by atoms with Crippen molar-refractivity contribution in [2.75, 3.05) is 52.1 Å². The normalized spacial score (nSPS) is 15.6. The second-order valence-corrected chi connectivity index (χ2v) is 12.6. The number of hydrogen-bond donors (Lipinski definition) is 2. The summed E-state index contributed by atoms with van der Waals surface area (Å²) in [6.45, 7) is 4.56. The summed E-state index contributed by atoms with van der Waals surface area (Å²) >= 11 is 1.48. The lowest BCUT2D eigenvalue weighted by atomic mass is 10.2. The number of piperazine rings is 1. The van der Waals surface area contributed by atoms with Crippen molar-refractivity contribution in [3.8, 4) is 22.1 Å². The monoisotopic (exact) mass is 629 g/mol. The standard InChI is InChI=1S/C33H36FN7O3S/c1-39(2)13-3-4-31(42)41-16-14-40(15-17-41)21-22-5-9-26(36-20-22)30-19-27-32(45-30)29(11-12-35-27)44-28-10-8-24(18-25(28)34)38-33(43)37-23-6-7-23/h3-5,8-12,18-20,23H,6-7,13-17,21H2,1-2H3,(H2,37,38,43)/b4-3+. The van der Waals surface area contributed by atoms with E-state index in [0.717, 1.165) is 65.4 Å². The molecule has 12 heteroatoms. The lowest BCUT2D eigenvalue weighted by Gasteiger charge is -2.34. The molecule has 1 saturated heterocycles. The van der Waals surface area contributed by atoms with Gasteiger partial charge in [-0.1, -0.05) is 12.1 Å². The van der Waals surface area contributed by atoms with Gasteiger partial charge in [0.25, 0.3) is 0 Å². The Labute approximate surface area is 265 Å². The molecule has 1 aliphatic carbocycles. The first-order valence-corrected chi connectivity index (χ1v) is 15.8. The molecule has 10 nitrogen and oxygen atoms in total. The molecule has 0 spiro atoms. The fourth-order valence-corrected chi connectivity index (χ4v) is 6.04. The number of rotatable bonds is 10. The number of urea groups is 1. The minimum atomic E-state index is -0.580. The average molecular weight is 630 g/mol. The first kappa shape index (κ1) is 30.6. The number of likely N-dealkylation sites (N-methyl/N-ethyl adjacent to an activating group) is 1. The van der Waals surface area contributed by atoms with E-state index in [1.165, 1.54) is 23.5 Å². The van der Waals surface area contributed by atoms with E-state index in [1.807, 2.05) is 48.3 Å². The number of anilines is 1. The molecular weight excluding hydrogens is 593 g/mol. The van der Waals surface area contributed by atoms with Gasteiger partial charge in [-0.2, -0.15) is 0 Å². The number of fused-ring (bicyclic) bond motifs is 1. The van der Waals surface area contributed by atoms with Crippen LogP contribution >= 0.6 is 11.3 Å². The van der Waals surface area contributed by atoms with Crippen LogP contribution in [0.1, 0.15) is 18.4 Å². The quantitative estimate of drug-likeness (QED) is 0.229. The zero-order chi connectivity index (χ0) is 31.3. The highest BCUT2D eigenvalue weighted by molar-refractivity contribution is 7.22. The van der Waals surface area contributed by atoms with Crippen LogP contribution in [0.15, 0.2) is 67.0 Å². The van der Waals surface area contributed by atoms with Crippen LogP contribution in [0.5, 0.6) is 11.5 Å². The van der Waals surface area contributed by atoms with Gasteiger partial charge in [0.1, 0.15) is 5.75 Å². The highest BCUT2D eigenvalue weighted by atomic mass is 32.1. The van der Waals surface area contributed by atoms with Crippen molar-refractivity contribution in [1.82, 2.24) is 30.0 Å². The van der Waals surface area contributed by atoms with E-state index >= 15 is 0 Å². The molecule has 3 amide bonds. The van der Waals surface area contributed by atoms with Gasteiger partial charge in [0.05, 0.1) is 20.8 Å². The summed E-state index contributed by atoms with van der Waals surface area (Å²) in [7, 11) is 3.95. The smallest absolute Gasteiger partial charge is 0.319 e. The van der Waals surface area contributed by atoms with Crippen molar-refractivity contribution < 1.29 is 18.7 Å². The van der Waals surface area contributed by atoms with E-state index in [0.29, 0.717) is 24.5 Å². The van der Waals surface area contributed by atoms with Gasteiger partial charge < -0.3 is 25.2 Å². The lowest BCUT2D eigenvalue weighted by molar-refractivity contribution is -0.127. The molecule has 2 N–H and O–H groups in total. The van der Waals surface area contributed by atoms with Crippen molar-refractivity contribution >= 4 is 39.2 Å². The zero-order valence-corrected chi connectivity index (χ0v) is 26.1. The Hall–Kier alpha value is -4.39. The molecule has 1 aliphatic heterocycles. The second kappa shape index (κ2) is 13.7. The molecule has 3 aromatic heterocycles. The van der Waals surface area contributed by atoms with Crippen LogP contribution in [0.2, 0.25) is 0 Å². The van der Waals surface area contributed by atoms with E-state index in [4.69, 9.17) is 9.72 Å². The van der Waals surface area contributed by atoms with Gasteiger partial charge in [-0.05, 0) is 56.8 Å². The molecule has 2 fully saturated rings. The summed E-state index contributed by atoms with van der Waals surface area (Å²) in [5.41, 5.74) is 3.01. The highest BCUT2D eigenvalue weighted by Gasteiger charge is 2.23. The second-order valence-electron chi connectivity index (χ2n) is 11.6. The van der Waals surface area contributed by atoms with Crippen molar-refractivity contribution in [3.05, 3.63) is 78.4 Å². The van der Waals surface area contributed by atoms with Crippen molar-refractivity contribution in [1.29, 1.82) is 0 Å². The van der Waals surface area contributed by atoms with Gasteiger partial charge in [-0.25, -0.2) is 9.18 Å². The first-order valence-electron chi connectivity index (χ1n) is 15.0. The first-order chi connectivity index (χ1) is 21.8. The number of thiophene rings is 1. The Morgan fingerprint density at radius 2 is 1.89 bits per heavy atom. The van der Waals surface area contributed by atoms with Crippen LogP contribution in [-0.4, -0.2) is 89.5 Å². The van der Waals surface area contributed by atoms with Crippen LogP contribution in [0.3, 0.4) is 0 Å². The molecule has 234 valence electrons. The summed E-state index contributed by atoms with van der Waals surface area (Å²) in [5.74, 6) is 0.0333. The van der Waals surface area contributed by atoms with E-state index < -0.39 is 5.82 Å². The molecule has 0 atom stereocenters. The van der Waals surface area contributed by atoms with Crippen LogP contribution in [0, 0.1) is 5.82 Å². The van der Waals surface area contributed by atoms with E-state index in [1.54, 1.807) is 24.4 Å². The largest absolute Gasteiger partial charge is 0.453 e. The van der Waals surface area contributed by atoms with Gasteiger partial charge >= 0.3 is 6.03 Å². The molecule has 0 radical (unpaired) electrons. The van der Waals surface area contributed by atoms with Crippen molar-refractivity contribution in [3.63, 3.8) is 0 Å². The molecule has 1 aromatic carbocycles. The summed E-state index contributed by atoms with van der Waals surface area (Å²) in [5, 5.41) is 5.47. The number of carbonyl (C=O) groups excluding carboxylic acids is 2. The van der Waals surface area contributed by atoms with Crippen molar-refractivity contribution in [2.24, 2.45) is 0 Å². The topological polar surface area (TPSA) is 103 Å². The SMILES string of the molecule is CN(C)C/C=C/C(=O)N1CCN(Cc2ccc(-c3cc4nccc(Oc5ccc(NC(=O)NC6CC6)cc5F)c4s3)nc2)CC1. The number of pyridine rings is 2. The molecule has 4 heterocycles. The van der Waals surface area contributed by atoms with E-state index in [9.17, 15) is 14.0 Å². The predicted molar refractivity (Wildman–Crippen MR) is 174 cm³/mol. The number of aromatic nitrogens is 2. The Bertz CT molecular complexity index is 1700. The number of amides is 3. The van der Waals surface area contributed by atoms with E-state index in [2.05, 4.69) is 26.6 Å². The van der Waals surface area contributed by atoms with Crippen LogP contribution in [0.25, 0.3) is 20.8 Å². The van der Waals surface area contributed by atoms with Gasteiger partial charge in [0, 0.05) is 81.6 Å². The summed E-state index contributed by atoms with van der Waals surface area (Å²) < 4.78 is 21.7. The third kappa shape index (κ3) is 8.01. The van der Waals surface area contributed by atoms with Gasteiger partial charge in [0.2, 0.25) is 5.91 Å². The number of nitrogens with zero attached hydrogens (tertiary/aromatic N) is 5. The van der Waals surface area contributed by atoms with Crippen LogP contribution in [-0.2, 0) is 11.3 Å². The molecule has 6 rings (SSSR count). The molecular formula is C33H36FN7O3S. The number of halogens is 1. The number of nitrogens with one attached hydrogen (secondary N) is 2. The Kier molecular flexibility index (Phi) is 9.34. The molecule has 0 bridgehead atoms.